The fourth-order valence-electron chi connectivity index (χ4n) is 1.85. The first-order valence-corrected chi connectivity index (χ1v) is 4.04. The Bertz CT molecular complexity index is 103. The van der Waals surface area contributed by atoms with Gasteiger partial charge in [-0.3, -0.25) is 0 Å². The Balaban J connectivity index is 2.62. The van der Waals surface area contributed by atoms with Gasteiger partial charge in [-0.15, -0.1) is 0 Å². The van der Waals surface area contributed by atoms with Crippen LogP contribution in [0.2, 0.25) is 0 Å². The molecule has 0 aliphatic heterocycles. The van der Waals surface area contributed by atoms with Gasteiger partial charge in [-0.25, -0.2) is 0 Å². The van der Waals surface area contributed by atoms with Crippen molar-refractivity contribution in [2.75, 3.05) is 0 Å². The van der Waals surface area contributed by atoms with Crippen LogP contribution >= 0.6 is 0 Å². The average Bonchev–Trinajstić information content (AvgIpc) is 1.97. The third-order valence-corrected chi connectivity index (χ3v) is 3.33. The fraction of sp³-hybridized carbons (Fsp3) is 1.00. The van der Waals surface area contributed by atoms with Crippen molar-refractivity contribution in [1.29, 1.82) is 0 Å². The third kappa shape index (κ3) is 1.12. The van der Waals surface area contributed by atoms with Gasteiger partial charge in [0, 0.05) is 0 Å². The van der Waals surface area contributed by atoms with Crippen LogP contribution in [0.1, 0.15) is 40.5 Å². The van der Waals surface area contributed by atoms with Crippen LogP contribution in [0, 0.1) is 17.3 Å². The SMILES string of the molecule is CC1CCC(C)(C)C1C. The van der Waals surface area contributed by atoms with E-state index in [2.05, 4.69) is 27.7 Å². The molecule has 2 atom stereocenters. The van der Waals surface area contributed by atoms with Crippen LogP contribution in [0.15, 0.2) is 0 Å². The summed E-state index contributed by atoms with van der Waals surface area (Å²) in [6, 6.07) is 0. The van der Waals surface area contributed by atoms with Gasteiger partial charge in [0.15, 0.2) is 0 Å². The van der Waals surface area contributed by atoms with Gasteiger partial charge in [0.25, 0.3) is 0 Å². The summed E-state index contributed by atoms with van der Waals surface area (Å²) in [4.78, 5) is 0. The molecule has 1 aliphatic rings. The molecule has 1 aliphatic carbocycles. The molecule has 0 heteroatoms. The monoisotopic (exact) mass is 126 g/mol. The van der Waals surface area contributed by atoms with Crippen LogP contribution in [0.3, 0.4) is 0 Å². The van der Waals surface area contributed by atoms with Crippen molar-refractivity contribution in [3.8, 4) is 0 Å². The summed E-state index contributed by atoms with van der Waals surface area (Å²) < 4.78 is 0. The Kier molecular flexibility index (Phi) is 1.58. The molecule has 0 heterocycles. The Labute approximate surface area is 58.7 Å². The van der Waals surface area contributed by atoms with E-state index in [1.54, 1.807) is 0 Å². The van der Waals surface area contributed by atoms with E-state index in [1.165, 1.54) is 12.8 Å². The van der Waals surface area contributed by atoms with E-state index in [-0.39, 0.29) is 0 Å². The van der Waals surface area contributed by atoms with Gasteiger partial charge < -0.3 is 0 Å². The molecular weight excluding hydrogens is 108 g/mol. The summed E-state index contributed by atoms with van der Waals surface area (Å²) in [5.74, 6) is 1.89. The summed E-state index contributed by atoms with van der Waals surface area (Å²) >= 11 is 0. The fourth-order valence-corrected chi connectivity index (χ4v) is 1.85. The normalized spacial score (nSPS) is 41.3. The zero-order chi connectivity index (χ0) is 7.07. The van der Waals surface area contributed by atoms with Crippen LogP contribution in [-0.2, 0) is 0 Å². The lowest BCUT2D eigenvalue weighted by Crippen LogP contribution is -2.17. The molecule has 0 aromatic rings. The van der Waals surface area contributed by atoms with E-state index in [4.69, 9.17) is 0 Å². The van der Waals surface area contributed by atoms with Crippen LogP contribution in [-0.4, -0.2) is 0 Å². The van der Waals surface area contributed by atoms with Crippen molar-refractivity contribution in [1.82, 2.24) is 0 Å². The first kappa shape index (κ1) is 7.11. The first-order valence-electron chi connectivity index (χ1n) is 4.04. The highest BCUT2D eigenvalue weighted by atomic mass is 14.4. The molecule has 0 aromatic heterocycles. The molecule has 0 bridgehead atoms. The minimum Gasteiger partial charge on any atom is -0.0622 e. The summed E-state index contributed by atoms with van der Waals surface area (Å²) in [6.45, 7) is 9.54. The molecule has 1 fully saturated rings. The second-order valence-corrected chi connectivity index (χ2v) is 4.29. The summed E-state index contributed by atoms with van der Waals surface area (Å²) in [7, 11) is 0. The zero-order valence-corrected chi connectivity index (χ0v) is 7.07. The van der Waals surface area contributed by atoms with E-state index >= 15 is 0 Å². The van der Waals surface area contributed by atoms with E-state index in [0.717, 1.165) is 11.8 Å². The van der Waals surface area contributed by atoms with Gasteiger partial charge in [-0.05, 0) is 30.1 Å². The lowest BCUT2D eigenvalue weighted by molar-refractivity contribution is 0.248. The van der Waals surface area contributed by atoms with Crippen LogP contribution in [0.4, 0.5) is 0 Å². The smallest absolute Gasteiger partial charge is 0.0326 e. The number of hydrogen-bond donors (Lipinski definition) is 0. The van der Waals surface area contributed by atoms with Crippen molar-refractivity contribution in [3.63, 3.8) is 0 Å². The van der Waals surface area contributed by atoms with Gasteiger partial charge in [0.05, 0.1) is 0 Å². The second kappa shape index (κ2) is 2.00. The lowest BCUT2D eigenvalue weighted by atomic mass is 9.81. The second-order valence-electron chi connectivity index (χ2n) is 4.29. The standard InChI is InChI=1S/C9H18/c1-7-5-6-9(3,4)8(7)2/h7-8H,5-6H2,1-4H3. The third-order valence-electron chi connectivity index (χ3n) is 3.33. The van der Waals surface area contributed by atoms with Crippen LogP contribution < -0.4 is 0 Å². The molecule has 0 nitrogen and oxygen atoms in total. The maximum absolute atomic E-state index is 2.39. The van der Waals surface area contributed by atoms with Crippen molar-refractivity contribution >= 4 is 0 Å². The largest absolute Gasteiger partial charge is 0.0622 e. The molecule has 0 aromatic carbocycles. The van der Waals surface area contributed by atoms with E-state index < -0.39 is 0 Å². The van der Waals surface area contributed by atoms with Crippen LogP contribution in [0.25, 0.3) is 0 Å². The Morgan fingerprint density at radius 3 is 1.89 bits per heavy atom. The molecule has 0 amide bonds. The lowest BCUT2D eigenvalue weighted by Gasteiger charge is -2.25. The Morgan fingerprint density at radius 2 is 1.78 bits per heavy atom. The predicted octanol–water partition coefficient (Wildman–Crippen LogP) is 3.08. The van der Waals surface area contributed by atoms with Crippen molar-refractivity contribution in [2.45, 2.75) is 40.5 Å². The maximum Gasteiger partial charge on any atom is -0.0326 e. The summed E-state index contributed by atoms with van der Waals surface area (Å²) in [5.41, 5.74) is 0.624. The number of rotatable bonds is 0. The molecule has 2 unspecified atom stereocenters. The van der Waals surface area contributed by atoms with Gasteiger partial charge in [0.1, 0.15) is 0 Å². The number of hydrogen-bond acceptors (Lipinski definition) is 0. The average molecular weight is 126 g/mol. The molecule has 0 radical (unpaired) electrons. The minimum atomic E-state index is 0.624. The van der Waals surface area contributed by atoms with E-state index in [0.29, 0.717) is 5.41 Å². The van der Waals surface area contributed by atoms with Crippen molar-refractivity contribution < 1.29 is 0 Å². The molecule has 0 saturated heterocycles. The molecule has 1 rings (SSSR count). The predicted molar refractivity (Wildman–Crippen MR) is 41.3 cm³/mol. The molecule has 9 heavy (non-hydrogen) atoms. The summed E-state index contributed by atoms with van der Waals surface area (Å²) in [5, 5.41) is 0. The maximum atomic E-state index is 2.39. The van der Waals surface area contributed by atoms with Crippen molar-refractivity contribution in [3.05, 3.63) is 0 Å². The Hall–Kier alpha value is 0. The topological polar surface area (TPSA) is 0 Å². The first-order chi connectivity index (χ1) is 4.04. The van der Waals surface area contributed by atoms with Gasteiger partial charge in [-0.1, -0.05) is 27.7 Å². The molecule has 1 saturated carbocycles. The van der Waals surface area contributed by atoms with Gasteiger partial charge in [-0.2, -0.15) is 0 Å². The minimum absolute atomic E-state index is 0.624. The Morgan fingerprint density at radius 1 is 1.22 bits per heavy atom. The summed E-state index contributed by atoms with van der Waals surface area (Å²) in [6.07, 6.45) is 2.86. The molecule has 54 valence electrons. The molecule has 0 N–H and O–H groups in total. The molecular formula is C9H18. The highest BCUT2D eigenvalue weighted by molar-refractivity contribution is 4.85. The van der Waals surface area contributed by atoms with Crippen LogP contribution in [0.5, 0.6) is 0 Å². The highest BCUT2D eigenvalue weighted by Gasteiger charge is 2.35. The van der Waals surface area contributed by atoms with Gasteiger partial charge >= 0.3 is 0 Å². The van der Waals surface area contributed by atoms with Crippen molar-refractivity contribution in [2.24, 2.45) is 17.3 Å². The highest BCUT2D eigenvalue weighted by Crippen LogP contribution is 2.45. The van der Waals surface area contributed by atoms with E-state index in [9.17, 15) is 0 Å². The quantitative estimate of drug-likeness (QED) is 0.468. The zero-order valence-electron chi connectivity index (χ0n) is 7.07. The van der Waals surface area contributed by atoms with E-state index in [1.807, 2.05) is 0 Å². The van der Waals surface area contributed by atoms with Gasteiger partial charge in [0.2, 0.25) is 0 Å². The molecule has 0 spiro atoms.